The molecule has 114 valence electrons. The van der Waals surface area contributed by atoms with E-state index in [-0.39, 0.29) is 42.0 Å². The van der Waals surface area contributed by atoms with Gasteiger partial charge in [-0.3, -0.25) is 0 Å². The first-order chi connectivity index (χ1) is 8.58. The molecule has 0 aliphatic rings. The highest BCUT2D eigenvalue weighted by Gasteiger charge is 2.30. The third kappa shape index (κ3) is 6.97. The van der Waals surface area contributed by atoms with Crippen LogP contribution in [0.2, 0.25) is 0 Å². The van der Waals surface area contributed by atoms with Crippen LogP contribution in [0.25, 0.3) is 0 Å². The first-order valence-electron chi connectivity index (χ1n) is 5.82. The average molecular weight is 401 g/mol. The highest BCUT2D eigenvalue weighted by molar-refractivity contribution is 14.0. The minimum Gasteiger partial charge on any atom is -0.370 e. The monoisotopic (exact) mass is 401 g/mol. The molecule has 1 rings (SSSR count). The van der Waals surface area contributed by atoms with Gasteiger partial charge in [0.1, 0.15) is 0 Å². The predicted molar refractivity (Wildman–Crippen MR) is 85.1 cm³/mol. The fourth-order valence-corrected chi connectivity index (χ4v) is 1.45. The zero-order valence-corrected chi connectivity index (χ0v) is 13.9. The SMILES string of the molecule is CC(C)(C)NC(N)=NCc1cccc(C(F)(F)F)c1.I. The second-order valence-electron chi connectivity index (χ2n) is 5.27. The molecule has 0 atom stereocenters. The Hall–Kier alpha value is -0.990. The number of halogens is 4. The highest BCUT2D eigenvalue weighted by Crippen LogP contribution is 2.29. The highest BCUT2D eigenvalue weighted by atomic mass is 127. The lowest BCUT2D eigenvalue weighted by atomic mass is 10.1. The van der Waals surface area contributed by atoms with E-state index in [2.05, 4.69) is 10.3 Å². The first kappa shape index (κ1) is 19.0. The molecule has 0 fully saturated rings. The molecule has 0 radical (unpaired) electrons. The molecule has 0 unspecified atom stereocenters. The van der Waals surface area contributed by atoms with E-state index in [1.807, 2.05) is 20.8 Å². The van der Waals surface area contributed by atoms with Crippen LogP contribution in [0.15, 0.2) is 29.3 Å². The number of aliphatic imine (C=N–C) groups is 1. The molecule has 20 heavy (non-hydrogen) atoms. The van der Waals surface area contributed by atoms with Crippen LogP contribution in [-0.4, -0.2) is 11.5 Å². The van der Waals surface area contributed by atoms with Crippen molar-refractivity contribution in [2.75, 3.05) is 0 Å². The van der Waals surface area contributed by atoms with E-state index < -0.39 is 11.7 Å². The van der Waals surface area contributed by atoms with Crippen LogP contribution in [0, 0.1) is 0 Å². The van der Waals surface area contributed by atoms with Gasteiger partial charge in [-0.2, -0.15) is 13.2 Å². The Bertz CT molecular complexity index is 465. The van der Waals surface area contributed by atoms with E-state index >= 15 is 0 Å². The van der Waals surface area contributed by atoms with Crippen molar-refractivity contribution in [3.05, 3.63) is 35.4 Å². The number of rotatable bonds is 2. The van der Waals surface area contributed by atoms with Crippen LogP contribution >= 0.6 is 24.0 Å². The summed E-state index contributed by atoms with van der Waals surface area (Å²) in [6.45, 7) is 5.86. The van der Waals surface area contributed by atoms with Gasteiger partial charge in [0.15, 0.2) is 5.96 Å². The van der Waals surface area contributed by atoms with Gasteiger partial charge in [0.25, 0.3) is 0 Å². The Labute approximate surface area is 133 Å². The minimum atomic E-state index is -4.34. The number of guanidine groups is 1. The number of nitrogens with two attached hydrogens (primary N) is 1. The Morgan fingerprint density at radius 2 is 1.85 bits per heavy atom. The zero-order valence-electron chi connectivity index (χ0n) is 11.6. The molecule has 0 heterocycles. The normalized spacial score (nSPS) is 12.8. The molecular formula is C13H19F3IN3. The number of alkyl halides is 3. The van der Waals surface area contributed by atoms with Crippen molar-refractivity contribution in [1.29, 1.82) is 0 Å². The van der Waals surface area contributed by atoms with Crippen molar-refractivity contribution in [3.63, 3.8) is 0 Å². The summed E-state index contributed by atoms with van der Waals surface area (Å²) in [5.41, 5.74) is 5.20. The van der Waals surface area contributed by atoms with Crippen LogP contribution in [0.1, 0.15) is 31.9 Å². The molecule has 0 aromatic heterocycles. The second kappa shape index (κ2) is 7.14. The number of hydrogen-bond donors (Lipinski definition) is 2. The van der Waals surface area contributed by atoms with Crippen LogP contribution < -0.4 is 11.1 Å². The van der Waals surface area contributed by atoms with E-state index in [9.17, 15) is 13.2 Å². The van der Waals surface area contributed by atoms with E-state index in [4.69, 9.17) is 5.73 Å². The summed E-state index contributed by atoms with van der Waals surface area (Å²) >= 11 is 0. The predicted octanol–water partition coefficient (Wildman–Crippen LogP) is 3.53. The van der Waals surface area contributed by atoms with Gasteiger partial charge in [0.2, 0.25) is 0 Å². The lowest BCUT2D eigenvalue weighted by Gasteiger charge is -2.21. The molecule has 0 bridgehead atoms. The molecule has 0 aliphatic heterocycles. The Morgan fingerprint density at radius 3 is 2.35 bits per heavy atom. The van der Waals surface area contributed by atoms with Crippen molar-refractivity contribution in [2.24, 2.45) is 10.7 Å². The zero-order chi connectivity index (χ0) is 14.7. The first-order valence-corrected chi connectivity index (χ1v) is 5.82. The molecule has 0 aliphatic carbocycles. The third-order valence-corrected chi connectivity index (χ3v) is 2.19. The summed E-state index contributed by atoms with van der Waals surface area (Å²) in [4.78, 5) is 4.02. The minimum absolute atomic E-state index is 0. The topological polar surface area (TPSA) is 50.4 Å². The van der Waals surface area contributed by atoms with E-state index in [1.54, 1.807) is 6.07 Å². The Morgan fingerprint density at radius 1 is 1.25 bits per heavy atom. The number of hydrogen-bond acceptors (Lipinski definition) is 1. The van der Waals surface area contributed by atoms with Gasteiger partial charge in [-0.05, 0) is 38.5 Å². The summed E-state index contributed by atoms with van der Waals surface area (Å²) in [5.74, 6) is 0.213. The molecule has 0 saturated heterocycles. The molecule has 1 aromatic carbocycles. The Balaban J connectivity index is 0.00000361. The molecule has 3 N–H and O–H groups in total. The molecule has 0 amide bonds. The van der Waals surface area contributed by atoms with Crippen LogP contribution in [0.3, 0.4) is 0 Å². The van der Waals surface area contributed by atoms with Crippen LogP contribution in [-0.2, 0) is 12.7 Å². The summed E-state index contributed by atoms with van der Waals surface area (Å²) in [6, 6.07) is 5.06. The summed E-state index contributed by atoms with van der Waals surface area (Å²) < 4.78 is 37.5. The van der Waals surface area contributed by atoms with Gasteiger partial charge in [-0.25, -0.2) is 4.99 Å². The molecule has 7 heteroatoms. The fraction of sp³-hybridized carbons (Fsp3) is 0.462. The van der Waals surface area contributed by atoms with Gasteiger partial charge in [0, 0.05) is 5.54 Å². The quantitative estimate of drug-likeness (QED) is 0.453. The second-order valence-corrected chi connectivity index (χ2v) is 5.27. The van der Waals surface area contributed by atoms with Crippen molar-refractivity contribution < 1.29 is 13.2 Å². The molecule has 0 saturated carbocycles. The van der Waals surface area contributed by atoms with Crippen molar-refractivity contribution >= 4 is 29.9 Å². The maximum Gasteiger partial charge on any atom is 0.416 e. The van der Waals surface area contributed by atoms with E-state index in [0.29, 0.717) is 5.56 Å². The molecule has 0 spiro atoms. The van der Waals surface area contributed by atoms with Gasteiger partial charge in [-0.15, -0.1) is 24.0 Å². The maximum atomic E-state index is 12.5. The standard InChI is InChI=1S/C13H18F3N3.HI/c1-12(2,3)19-11(17)18-8-9-5-4-6-10(7-9)13(14,15)16;/h4-7H,8H2,1-3H3,(H3,17,18,19);1H. The number of nitrogens with zero attached hydrogens (tertiary/aromatic N) is 1. The Kier molecular flexibility index (Phi) is 6.79. The largest absolute Gasteiger partial charge is 0.416 e. The van der Waals surface area contributed by atoms with Gasteiger partial charge < -0.3 is 11.1 Å². The van der Waals surface area contributed by atoms with Gasteiger partial charge in [-0.1, -0.05) is 12.1 Å². The summed E-state index contributed by atoms with van der Waals surface area (Å²) in [7, 11) is 0. The van der Waals surface area contributed by atoms with Gasteiger partial charge >= 0.3 is 6.18 Å². The van der Waals surface area contributed by atoms with Crippen molar-refractivity contribution in [2.45, 2.75) is 39.0 Å². The smallest absolute Gasteiger partial charge is 0.370 e. The summed E-state index contributed by atoms with van der Waals surface area (Å²) in [6.07, 6.45) is -4.34. The van der Waals surface area contributed by atoms with E-state index in [0.717, 1.165) is 12.1 Å². The average Bonchev–Trinajstić information content (AvgIpc) is 2.23. The van der Waals surface area contributed by atoms with Crippen molar-refractivity contribution in [1.82, 2.24) is 5.32 Å². The lowest BCUT2D eigenvalue weighted by Crippen LogP contribution is -2.44. The van der Waals surface area contributed by atoms with E-state index in [1.165, 1.54) is 6.07 Å². The van der Waals surface area contributed by atoms with Crippen LogP contribution in [0.5, 0.6) is 0 Å². The summed E-state index contributed by atoms with van der Waals surface area (Å²) in [5, 5.41) is 2.94. The molecule has 1 aromatic rings. The number of nitrogens with one attached hydrogen (secondary N) is 1. The van der Waals surface area contributed by atoms with Crippen LogP contribution in [0.4, 0.5) is 13.2 Å². The number of benzene rings is 1. The van der Waals surface area contributed by atoms with Gasteiger partial charge in [0.05, 0.1) is 12.1 Å². The maximum absolute atomic E-state index is 12.5. The molecule has 3 nitrogen and oxygen atoms in total. The fourth-order valence-electron chi connectivity index (χ4n) is 1.45. The third-order valence-electron chi connectivity index (χ3n) is 2.19. The lowest BCUT2D eigenvalue weighted by molar-refractivity contribution is -0.137. The van der Waals surface area contributed by atoms with Crippen molar-refractivity contribution in [3.8, 4) is 0 Å². The molecular weight excluding hydrogens is 382 g/mol.